The number of hydrogen-bond acceptors (Lipinski definition) is 16. The maximum atomic E-state index is 12.9. The van der Waals surface area contributed by atoms with Crippen LogP contribution in [-0.4, -0.2) is 96.9 Å². The van der Waals surface area contributed by atoms with Crippen molar-refractivity contribution in [1.82, 2.24) is 9.55 Å². The molecule has 0 aliphatic carbocycles. The van der Waals surface area contributed by atoms with Crippen LogP contribution in [0.3, 0.4) is 0 Å². The average Bonchev–Trinajstić information content (AvgIpc) is 3.63. The van der Waals surface area contributed by atoms with Crippen molar-refractivity contribution >= 4 is 33.4 Å². The van der Waals surface area contributed by atoms with Crippen LogP contribution in [0.25, 0.3) is 0 Å². The van der Waals surface area contributed by atoms with Crippen LogP contribution in [0.15, 0.2) is 53.5 Å². The Morgan fingerprint density at radius 1 is 0.757 bits per heavy atom. The fourth-order valence-electron chi connectivity index (χ4n) is 8.18. The average molecular weight is 1090 g/mol. The summed E-state index contributed by atoms with van der Waals surface area (Å²) in [6.45, 7) is 4.34. The summed E-state index contributed by atoms with van der Waals surface area (Å²) in [4.78, 5) is 62.0. The number of aliphatic hydroxyl groups is 3. The van der Waals surface area contributed by atoms with Gasteiger partial charge in [-0.05, 0) is 50.5 Å². The fourth-order valence-corrected chi connectivity index (χ4v) is 10.3. The molecule has 0 spiro atoms. The number of phosphoric ester groups is 2. The lowest BCUT2D eigenvalue weighted by Gasteiger charge is -2.21. The number of aromatic nitrogens is 2. The van der Waals surface area contributed by atoms with Crippen molar-refractivity contribution in [2.75, 3.05) is 25.6 Å². The van der Waals surface area contributed by atoms with Crippen LogP contribution in [0, 0.1) is 5.92 Å². The number of rotatable bonds is 45. The van der Waals surface area contributed by atoms with Gasteiger partial charge in [-0.2, -0.15) is 9.29 Å². The summed E-state index contributed by atoms with van der Waals surface area (Å²) in [5, 5.41) is 31.4. The summed E-state index contributed by atoms with van der Waals surface area (Å²) < 4.78 is 56.7. The van der Waals surface area contributed by atoms with Crippen molar-refractivity contribution in [2.45, 2.75) is 237 Å². The third kappa shape index (κ3) is 32.5. The number of hydrogen-bond donors (Lipinski definition) is 6. The van der Waals surface area contributed by atoms with Crippen molar-refractivity contribution in [2.24, 2.45) is 5.92 Å². The number of esters is 2. The Hall–Kier alpha value is -3.06. The summed E-state index contributed by atoms with van der Waals surface area (Å²) in [6.07, 6.45) is 32.4. The van der Waals surface area contributed by atoms with E-state index in [4.69, 9.17) is 29.0 Å². The molecule has 9 atom stereocenters. The van der Waals surface area contributed by atoms with E-state index in [2.05, 4.69) is 42.2 Å². The van der Waals surface area contributed by atoms with Crippen molar-refractivity contribution < 1.29 is 71.4 Å². The van der Waals surface area contributed by atoms with Gasteiger partial charge in [0.05, 0.1) is 19.3 Å². The highest BCUT2D eigenvalue weighted by molar-refractivity contribution is 7.61. The van der Waals surface area contributed by atoms with Gasteiger partial charge in [-0.15, -0.1) is 0 Å². The summed E-state index contributed by atoms with van der Waals surface area (Å²) in [5.74, 6) is -0.654. The highest BCUT2D eigenvalue weighted by atomic mass is 31.3. The molecule has 1 saturated heterocycles. The molecule has 2 heterocycles. The maximum Gasteiger partial charge on any atom is 0.481 e. The van der Waals surface area contributed by atoms with E-state index in [0.29, 0.717) is 6.42 Å². The molecule has 7 N–H and O–H groups in total. The van der Waals surface area contributed by atoms with E-state index in [-0.39, 0.29) is 31.5 Å². The van der Waals surface area contributed by atoms with Crippen LogP contribution in [0.4, 0.5) is 5.82 Å². The van der Waals surface area contributed by atoms with E-state index in [0.717, 1.165) is 55.2 Å². The minimum Gasteiger partial charge on any atom is -0.462 e. The minimum atomic E-state index is -5.47. The first-order valence-electron chi connectivity index (χ1n) is 27.5. The van der Waals surface area contributed by atoms with Crippen LogP contribution in [-0.2, 0) is 46.3 Å². The molecular formula is C53H93N3O16P2. The summed E-state index contributed by atoms with van der Waals surface area (Å²) in [6, 6.07) is 1.24. The number of nitrogens with two attached hydrogens (primary N) is 1. The van der Waals surface area contributed by atoms with Gasteiger partial charge in [0.15, 0.2) is 12.3 Å². The SMILES string of the molecule is CCCCCCCC/C=C/C/C=C/C=C/C(O)CCCC(=O)O[C@H](COC(=O)CCCCCCCCCCCCCCCCC(C)CC)COP(=O)(O)OP(=O)(O)OC[C@H]1O[C@@H](n2ccc(N)nc2=O)[C@H](O)[C@@H]1O. The Bertz CT molecular complexity index is 1920. The molecule has 0 radical (unpaired) electrons. The lowest BCUT2D eigenvalue weighted by atomic mass is 9.99. The Morgan fingerprint density at radius 2 is 1.35 bits per heavy atom. The van der Waals surface area contributed by atoms with Crippen molar-refractivity contribution in [1.29, 1.82) is 0 Å². The molecule has 21 heteroatoms. The van der Waals surface area contributed by atoms with E-state index in [1.54, 1.807) is 12.2 Å². The smallest absolute Gasteiger partial charge is 0.462 e. The number of anilines is 1. The highest BCUT2D eigenvalue weighted by Gasteiger charge is 2.46. The van der Waals surface area contributed by atoms with Crippen molar-refractivity contribution in [3.05, 3.63) is 59.2 Å². The predicted octanol–water partition coefficient (Wildman–Crippen LogP) is 10.8. The molecule has 0 bridgehead atoms. The van der Waals surface area contributed by atoms with Crippen molar-refractivity contribution in [3.63, 3.8) is 0 Å². The van der Waals surface area contributed by atoms with Gasteiger partial charge in [0.1, 0.15) is 30.7 Å². The summed E-state index contributed by atoms with van der Waals surface area (Å²) >= 11 is 0. The summed E-state index contributed by atoms with van der Waals surface area (Å²) in [7, 11) is -10.9. The largest absolute Gasteiger partial charge is 0.481 e. The van der Waals surface area contributed by atoms with Gasteiger partial charge in [0.25, 0.3) is 0 Å². The number of carbonyl (C=O) groups excluding carboxylic acids is 2. The number of phosphoric acid groups is 2. The molecule has 2 rings (SSSR count). The fraction of sp³-hybridized carbons (Fsp3) is 0.774. The number of allylic oxidation sites excluding steroid dienone is 5. The van der Waals surface area contributed by atoms with Gasteiger partial charge in [-0.3, -0.25) is 23.2 Å². The van der Waals surface area contributed by atoms with Gasteiger partial charge >= 0.3 is 33.3 Å². The molecule has 19 nitrogen and oxygen atoms in total. The van der Waals surface area contributed by atoms with Gasteiger partial charge in [0.2, 0.25) is 0 Å². The second-order valence-corrected chi connectivity index (χ2v) is 22.6. The number of carbonyl (C=O) groups is 2. The van der Waals surface area contributed by atoms with E-state index >= 15 is 0 Å². The Morgan fingerprint density at radius 3 is 1.99 bits per heavy atom. The zero-order chi connectivity index (χ0) is 54.5. The quantitative estimate of drug-likeness (QED) is 0.0116. The van der Waals surface area contributed by atoms with Crippen molar-refractivity contribution in [3.8, 4) is 0 Å². The van der Waals surface area contributed by atoms with Gasteiger partial charge in [-0.1, -0.05) is 186 Å². The Kier molecular flexibility index (Phi) is 36.4. The van der Waals surface area contributed by atoms with Gasteiger partial charge in [0, 0.05) is 19.0 Å². The molecule has 1 aliphatic heterocycles. The molecule has 1 fully saturated rings. The minimum absolute atomic E-state index is 0.0904. The molecular weight excluding hydrogens is 997 g/mol. The van der Waals surface area contributed by atoms with Crippen LogP contribution in [0.5, 0.6) is 0 Å². The molecule has 426 valence electrons. The lowest BCUT2D eigenvalue weighted by Crippen LogP contribution is -2.36. The number of unbranched alkanes of at least 4 members (excludes halogenated alkanes) is 19. The lowest BCUT2D eigenvalue weighted by molar-refractivity contribution is -0.161. The maximum absolute atomic E-state index is 12.9. The molecule has 1 aromatic heterocycles. The Balaban J connectivity index is 1.82. The topological polar surface area (TPSA) is 286 Å². The molecule has 0 amide bonds. The molecule has 4 unspecified atom stereocenters. The molecule has 0 aromatic carbocycles. The van der Waals surface area contributed by atoms with Gasteiger partial charge in [-0.25, -0.2) is 13.9 Å². The second kappa shape index (κ2) is 40.2. The summed E-state index contributed by atoms with van der Waals surface area (Å²) in [5.41, 5.74) is 4.58. The van der Waals surface area contributed by atoms with E-state index < -0.39 is 89.8 Å². The zero-order valence-electron chi connectivity index (χ0n) is 44.7. The van der Waals surface area contributed by atoms with Crippen LogP contribution >= 0.6 is 15.6 Å². The van der Waals surface area contributed by atoms with Crippen LogP contribution in [0.2, 0.25) is 0 Å². The number of nitrogen functional groups attached to an aromatic ring is 1. The predicted molar refractivity (Wildman–Crippen MR) is 286 cm³/mol. The van der Waals surface area contributed by atoms with E-state index in [9.17, 15) is 48.6 Å². The Labute approximate surface area is 440 Å². The zero-order valence-corrected chi connectivity index (χ0v) is 46.5. The highest BCUT2D eigenvalue weighted by Crippen LogP contribution is 2.60. The van der Waals surface area contributed by atoms with Crippen LogP contribution in [0.1, 0.15) is 207 Å². The first-order chi connectivity index (χ1) is 35.5. The first-order valence-corrected chi connectivity index (χ1v) is 30.5. The van der Waals surface area contributed by atoms with Gasteiger partial charge < -0.3 is 45.1 Å². The standard InChI is InChI=1S/C53H93N3O16P2/c1-4-6-7-8-9-10-11-14-18-21-24-27-30-34-44(57)35-32-37-49(59)70-45(40-67-48(58)36-31-28-25-22-19-16-13-12-15-17-20-23-26-29-33-43(3)5-2)41-68-73(63,64)72-74(65,66)69-42-46-50(60)51(61)52(71-46)56-39-38-47(54)55-53(56)62/h14,18,24,27,30,34,38-39,43-46,50-52,57,60-61H,4-13,15-17,19-23,25-26,28-29,31-33,35-37,40-42H2,1-3H3,(H,63,64)(H,65,66)(H2,54,55,62)/b18-14+,27-24+,34-30+/t43?,44?,45-,46-,50-,51-,52-/m1/s1. The molecule has 0 saturated carbocycles. The number of nitrogens with zero attached hydrogens (tertiary/aromatic N) is 2. The normalized spacial score (nSPS) is 20.0. The first kappa shape index (κ1) is 67.1. The number of aliphatic hydroxyl groups excluding tert-OH is 3. The molecule has 1 aliphatic rings. The van der Waals surface area contributed by atoms with Crippen LogP contribution < -0.4 is 11.4 Å². The van der Waals surface area contributed by atoms with E-state index in [1.807, 2.05) is 12.2 Å². The molecule has 74 heavy (non-hydrogen) atoms. The van der Waals surface area contributed by atoms with E-state index in [1.165, 1.54) is 115 Å². The number of ether oxygens (including phenoxy) is 3. The monoisotopic (exact) mass is 1090 g/mol. The second-order valence-electron chi connectivity index (χ2n) is 19.5. The molecule has 1 aromatic rings. The third-order valence-corrected chi connectivity index (χ3v) is 15.5. The third-order valence-electron chi connectivity index (χ3n) is 12.9.